The maximum absolute atomic E-state index is 14.2. The minimum absolute atomic E-state index is 0.0367. The number of carbonyl (C=O) groups excluding carboxylic acids is 1. The average Bonchev–Trinajstić information content (AvgIpc) is 3.11. The number of aliphatic hydroxyl groups excluding tert-OH is 3. The minimum atomic E-state index is -2.55. The lowest BCUT2D eigenvalue weighted by atomic mass is 9.77. The lowest BCUT2D eigenvalue weighted by Gasteiger charge is -2.48. The topological polar surface area (TPSA) is 210 Å². The lowest BCUT2D eigenvalue weighted by Crippen LogP contribution is -2.60. The van der Waals surface area contributed by atoms with E-state index in [4.69, 9.17) is 32.5 Å². The van der Waals surface area contributed by atoms with Crippen LogP contribution in [-0.2, 0) is 33.2 Å². The van der Waals surface area contributed by atoms with E-state index in [0.29, 0.717) is 0 Å². The smallest absolute Gasteiger partial charge is 0.311 e. The molecule has 0 aromatic carbocycles. The number of nitroso groups, excluding NO2 is 1. The van der Waals surface area contributed by atoms with E-state index < -0.39 is 121 Å². The standard InChI is InChI=1S/C37H69N3O13/c1-14-26-37(10,46)30(42)23(6)40(38-47)18-19(2)16-35(8,45)32(53-34-28(41)25(39(11)12)15-20(3)49-34)21(4)29(22(5)33(44)51-26)52-27-17-36(9,48-13)31(43)24(7)50-27/h19-32,34,41-43,45-46H,14-18H2,1-13H3/t19-,20-,21+,22-,23-,24+,25+,26-,27+,28-,29+,30-,31+,32-,34+,35-,36-,37-/m1/s1/i11D3. The van der Waals surface area contributed by atoms with Crippen LogP contribution in [0.5, 0.6) is 0 Å². The van der Waals surface area contributed by atoms with Crippen LogP contribution in [-0.4, -0.2) is 159 Å². The normalized spacial score (nSPS) is 49.5. The van der Waals surface area contributed by atoms with Gasteiger partial charge in [-0.25, -0.2) is 0 Å². The van der Waals surface area contributed by atoms with E-state index in [0.717, 1.165) is 9.91 Å². The number of methoxy groups -OCH3 is 1. The third-order valence-electron chi connectivity index (χ3n) is 11.8. The molecule has 0 aliphatic carbocycles. The molecule has 53 heavy (non-hydrogen) atoms. The molecule has 0 saturated carbocycles. The fourth-order valence-electron chi connectivity index (χ4n) is 8.46. The second-order valence-electron chi connectivity index (χ2n) is 16.6. The zero-order valence-corrected chi connectivity index (χ0v) is 33.5. The Bertz CT molecular complexity index is 1300. The Kier molecular flexibility index (Phi) is 14.1. The zero-order valence-electron chi connectivity index (χ0n) is 36.5. The summed E-state index contributed by atoms with van der Waals surface area (Å²) in [5, 5.41) is 62.4. The van der Waals surface area contributed by atoms with Gasteiger partial charge in [-0.1, -0.05) is 20.8 Å². The Labute approximate surface area is 319 Å². The molecule has 0 bridgehead atoms. The number of likely N-dealkylation sites (N-methyl/N-ethyl adjacent to an activating group) is 1. The summed E-state index contributed by atoms with van der Waals surface area (Å²) < 4.78 is 61.0. The Hall–Kier alpha value is -1.57. The van der Waals surface area contributed by atoms with Crippen molar-refractivity contribution in [1.82, 2.24) is 9.91 Å². The molecule has 5 N–H and O–H groups in total. The fourth-order valence-corrected chi connectivity index (χ4v) is 8.46. The molecule has 310 valence electrons. The molecule has 3 aliphatic rings. The van der Waals surface area contributed by atoms with Crippen LogP contribution in [0.2, 0.25) is 0 Å². The molecule has 3 fully saturated rings. The summed E-state index contributed by atoms with van der Waals surface area (Å²) in [5.41, 5.74) is -4.98. The van der Waals surface area contributed by atoms with Gasteiger partial charge in [-0.15, -0.1) is 4.91 Å². The Balaban J connectivity index is 2.21. The maximum atomic E-state index is 14.2. The number of esters is 1. The summed E-state index contributed by atoms with van der Waals surface area (Å²) >= 11 is 0. The molecule has 0 amide bonds. The molecule has 0 aromatic rings. The largest absolute Gasteiger partial charge is 0.459 e. The summed E-state index contributed by atoms with van der Waals surface area (Å²) in [6.45, 7) is 13.4. The first-order valence-electron chi connectivity index (χ1n) is 20.4. The van der Waals surface area contributed by atoms with Crippen LogP contribution in [0, 0.1) is 22.7 Å². The highest BCUT2D eigenvalue weighted by Crippen LogP contribution is 2.40. The highest BCUT2D eigenvalue weighted by Gasteiger charge is 2.53. The Morgan fingerprint density at radius 2 is 1.66 bits per heavy atom. The van der Waals surface area contributed by atoms with Gasteiger partial charge in [0.05, 0.1) is 52.9 Å². The predicted molar refractivity (Wildman–Crippen MR) is 194 cm³/mol. The highest BCUT2D eigenvalue weighted by molar-refractivity contribution is 5.73. The fraction of sp³-hybridized carbons (Fsp3) is 0.973. The lowest BCUT2D eigenvalue weighted by molar-refractivity contribution is -0.318. The van der Waals surface area contributed by atoms with E-state index in [1.54, 1.807) is 48.5 Å². The molecule has 3 rings (SSSR count). The second kappa shape index (κ2) is 18.1. The molecule has 3 aliphatic heterocycles. The molecule has 16 heteroatoms. The summed E-state index contributed by atoms with van der Waals surface area (Å²) in [7, 11) is 2.83. The van der Waals surface area contributed by atoms with Crippen molar-refractivity contribution in [3.8, 4) is 0 Å². The van der Waals surface area contributed by atoms with Crippen molar-refractivity contribution in [3.63, 3.8) is 0 Å². The van der Waals surface area contributed by atoms with Crippen molar-refractivity contribution in [2.24, 2.45) is 23.0 Å². The molecule has 16 nitrogen and oxygen atoms in total. The zero-order chi connectivity index (χ0) is 42.9. The van der Waals surface area contributed by atoms with E-state index in [9.17, 15) is 35.2 Å². The van der Waals surface area contributed by atoms with Crippen LogP contribution in [0.25, 0.3) is 0 Å². The van der Waals surface area contributed by atoms with Crippen molar-refractivity contribution in [1.29, 1.82) is 0 Å². The minimum Gasteiger partial charge on any atom is -0.459 e. The molecule has 0 spiro atoms. The van der Waals surface area contributed by atoms with Crippen LogP contribution in [0.15, 0.2) is 5.29 Å². The molecule has 0 unspecified atom stereocenters. The van der Waals surface area contributed by atoms with Crippen LogP contribution >= 0.6 is 0 Å². The first-order chi connectivity index (χ1) is 25.7. The summed E-state index contributed by atoms with van der Waals surface area (Å²) in [4.78, 5) is 27.5. The average molecular weight is 767 g/mol. The Morgan fingerprint density at radius 1 is 1.02 bits per heavy atom. The molecule has 0 aromatic heterocycles. The van der Waals surface area contributed by atoms with Gasteiger partial charge in [0.25, 0.3) is 0 Å². The molecular weight excluding hydrogens is 694 g/mol. The van der Waals surface area contributed by atoms with Crippen molar-refractivity contribution in [2.75, 3.05) is 27.7 Å². The highest BCUT2D eigenvalue weighted by atomic mass is 16.7. The number of carbonyl (C=O) groups is 1. The third kappa shape index (κ3) is 10.2. The third-order valence-corrected chi connectivity index (χ3v) is 11.8. The SMILES string of the molecule is [2H]C([2H])([2H])N(C)[C@H]1C[C@@H](C)O[C@@H](O[C@@H]2[C@@H](C)[C@H](O[C@H]3C[C@@](C)(OC)[C@@H](O)[C@H](C)O3)[C@@H](C)C(=O)O[C@H](CC)[C@@](C)(O)[C@H](O)[C@@H](C)N(N=O)C[C@H](C)C[C@@]2(C)O)[C@@H]1O. The summed E-state index contributed by atoms with van der Waals surface area (Å²) in [5.74, 6) is -3.46. The molecule has 3 heterocycles. The van der Waals surface area contributed by atoms with Gasteiger partial charge in [0.1, 0.15) is 30.0 Å². The summed E-state index contributed by atoms with van der Waals surface area (Å²) in [6, 6.07) is -1.98. The summed E-state index contributed by atoms with van der Waals surface area (Å²) in [6.07, 6.45) is -11.5. The number of hydrogen-bond donors (Lipinski definition) is 5. The van der Waals surface area contributed by atoms with Gasteiger partial charge in [0, 0.05) is 36.1 Å². The van der Waals surface area contributed by atoms with Gasteiger partial charge < -0.3 is 58.9 Å². The Morgan fingerprint density at radius 3 is 2.23 bits per heavy atom. The van der Waals surface area contributed by atoms with Crippen molar-refractivity contribution >= 4 is 5.97 Å². The van der Waals surface area contributed by atoms with E-state index in [1.165, 1.54) is 34.9 Å². The second-order valence-corrected chi connectivity index (χ2v) is 16.6. The number of cyclic esters (lactones) is 1. The molecule has 18 atom stereocenters. The van der Waals surface area contributed by atoms with Crippen LogP contribution in [0.3, 0.4) is 0 Å². The van der Waals surface area contributed by atoms with Gasteiger partial charge in [-0.3, -0.25) is 9.80 Å². The van der Waals surface area contributed by atoms with Gasteiger partial charge in [0.15, 0.2) is 12.6 Å². The maximum Gasteiger partial charge on any atom is 0.311 e. The van der Waals surface area contributed by atoms with E-state index in [1.807, 2.05) is 0 Å². The molecule has 0 radical (unpaired) electrons. The number of ether oxygens (including phenoxy) is 6. The van der Waals surface area contributed by atoms with Crippen LogP contribution < -0.4 is 0 Å². The first-order valence-corrected chi connectivity index (χ1v) is 18.9. The van der Waals surface area contributed by atoms with E-state index in [-0.39, 0.29) is 32.2 Å². The van der Waals surface area contributed by atoms with Crippen LogP contribution in [0.4, 0.5) is 0 Å². The quantitative estimate of drug-likeness (QED) is 0.177. The van der Waals surface area contributed by atoms with Gasteiger partial charge in [0.2, 0.25) is 0 Å². The number of rotatable bonds is 8. The van der Waals surface area contributed by atoms with E-state index in [2.05, 4.69) is 5.29 Å². The number of nitrogens with zero attached hydrogens (tertiary/aromatic N) is 3. The molecule has 3 saturated heterocycles. The van der Waals surface area contributed by atoms with Gasteiger partial charge in [-0.05, 0) is 87.7 Å². The van der Waals surface area contributed by atoms with E-state index >= 15 is 0 Å². The predicted octanol–water partition coefficient (Wildman–Crippen LogP) is 1.95. The van der Waals surface area contributed by atoms with Crippen molar-refractivity contribution in [3.05, 3.63) is 4.91 Å². The van der Waals surface area contributed by atoms with Crippen molar-refractivity contribution in [2.45, 2.75) is 185 Å². The van der Waals surface area contributed by atoms with Gasteiger partial charge in [-0.2, -0.15) is 0 Å². The van der Waals surface area contributed by atoms with Crippen molar-refractivity contribution < 1.29 is 62.9 Å². The number of aliphatic hydroxyl groups is 5. The number of hydrogen-bond acceptors (Lipinski definition) is 15. The van der Waals surface area contributed by atoms with Crippen LogP contribution in [0.1, 0.15) is 99.0 Å². The monoisotopic (exact) mass is 767 g/mol. The molecular formula is C37H69N3O13. The van der Waals surface area contributed by atoms with Gasteiger partial charge >= 0.3 is 5.97 Å². The first kappa shape index (κ1) is 41.1.